The third kappa shape index (κ3) is 5.15. The van der Waals surface area contributed by atoms with Gasteiger partial charge in [0.05, 0.1) is 1.37 Å². The van der Waals surface area contributed by atoms with E-state index in [1.165, 1.54) is 0 Å². The van der Waals surface area contributed by atoms with Gasteiger partial charge in [0, 0.05) is 12.1 Å². The molecule has 0 spiro atoms. The van der Waals surface area contributed by atoms with E-state index < -0.39 is 11.7 Å². The maximum Gasteiger partial charge on any atom is 0.407 e. The van der Waals surface area contributed by atoms with Gasteiger partial charge in [0.2, 0.25) is 0 Å². The Kier molecular flexibility index (Phi) is 3.75. The summed E-state index contributed by atoms with van der Waals surface area (Å²) >= 11 is 0. The van der Waals surface area contributed by atoms with Crippen LogP contribution < -0.4 is 5.32 Å². The summed E-state index contributed by atoms with van der Waals surface area (Å²) in [4.78, 5) is 22.1. The van der Waals surface area contributed by atoms with Crippen LogP contribution in [0.2, 0.25) is 0 Å². The quantitative estimate of drug-likeness (QED) is 0.820. The number of hydrogen-bond acceptors (Lipinski definition) is 3. The molecule has 0 aliphatic carbocycles. The fraction of sp³-hybridized carbons (Fsp3) is 0.385. The van der Waals surface area contributed by atoms with Gasteiger partial charge in [-0.1, -0.05) is 18.2 Å². The highest BCUT2D eigenvalue weighted by molar-refractivity contribution is 5.75. The van der Waals surface area contributed by atoms with Crippen LogP contribution in [-0.2, 0) is 11.3 Å². The number of aldehydes is 1. The largest absolute Gasteiger partial charge is 0.444 e. The smallest absolute Gasteiger partial charge is 0.407 e. The van der Waals surface area contributed by atoms with Gasteiger partial charge >= 0.3 is 6.09 Å². The number of nitrogens with one attached hydrogen (secondary N) is 1. The fourth-order valence-corrected chi connectivity index (χ4v) is 1.19. The van der Waals surface area contributed by atoms with Crippen LogP contribution in [0.5, 0.6) is 0 Å². The maximum absolute atomic E-state index is 11.4. The zero-order valence-corrected chi connectivity index (χ0v) is 10.2. The SMILES string of the molecule is [2H]c1c(C=O)cccc1CNC(=O)OC(C)(C)C. The first-order valence-corrected chi connectivity index (χ1v) is 5.34. The van der Waals surface area contributed by atoms with E-state index >= 15 is 0 Å². The summed E-state index contributed by atoms with van der Waals surface area (Å²) in [6, 6.07) is 5.05. The summed E-state index contributed by atoms with van der Waals surface area (Å²) in [6.07, 6.45) is 0.0812. The molecule has 0 bridgehead atoms. The third-order valence-corrected chi connectivity index (χ3v) is 1.83. The summed E-state index contributed by atoms with van der Waals surface area (Å²) in [7, 11) is 0. The third-order valence-electron chi connectivity index (χ3n) is 1.83. The van der Waals surface area contributed by atoms with Gasteiger partial charge < -0.3 is 10.1 Å². The summed E-state index contributed by atoms with van der Waals surface area (Å²) in [5, 5.41) is 2.55. The molecule has 0 fully saturated rings. The first-order chi connectivity index (χ1) is 8.33. The van der Waals surface area contributed by atoms with Gasteiger partial charge in [0.1, 0.15) is 11.9 Å². The van der Waals surface area contributed by atoms with Crippen molar-refractivity contribution in [1.82, 2.24) is 5.32 Å². The van der Waals surface area contributed by atoms with E-state index in [2.05, 4.69) is 5.32 Å². The van der Waals surface area contributed by atoms with Crippen LogP contribution in [0.1, 0.15) is 38.1 Å². The molecule has 0 aromatic heterocycles. The molecule has 0 saturated carbocycles. The molecule has 0 radical (unpaired) electrons. The van der Waals surface area contributed by atoms with Crippen molar-refractivity contribution < 1.29 is 15.7 Å². The topological polar surface area (TPSA) is 55.4 Å². The van der Waals surface area contributed by atoms with Gasteiger partial charge in [-0.3, -0.25) is 4.79 Å². The second-order valence-corrected chi connectivity index (χ2v) is 4.60. The summed E-state index contributed by atoms with van der Waals surface area (Å²) in [5.74, 6) is 0. The number of carbonyl (C=O) groups is 2. The summed E-state index contributed by atoms with van der Waals surface area (Å²) < 4.78 is 12.8. The van der Waals surface area contributed by atoms with Crippen LogP contribution in [-0.4, -0.2) is 18.0 Å². The van der Waals surface area contributed by atoms with E-state index in [9.17, 15) is 9.59 Å². The second kappa shape index (κ2) is 5.48. The van der Waals surface area contributed by atoms with E-state index in [1.807, 2.05) is 0 Å². The molecule has 0 atom stereocenters. The van der Waals surface area contributed by atoms with Crippen LogP contribution in [0, 0.1) is 0 Å². The van der Waals surface area contributed by atoms with Gasteiger partial charge in [-0.15, -0.1) is 0 Å². The molecule has 92 valence electrons. The maximum atomic E-state index is 11.4. The minimum atomic E-state index is -0.557. The first-order valence-electron chi connectivity index (χ1n) is 5.84. The summed E-state index contributed by atoms with van der Waals surface area (Å²) in [5.41, 5.74) is 0.322. The molecular formula is C13H17NO3. The van der Waals surface area contributed by atoms with Crippen molar-refractivity contribution in [3.8, 4) is 0 Å². The van der Waals surface area contributed by atoms with E-state index in [0.29, 0.717) is 17.4 Å². The molecule has 1 aromatic carbocycles. The normalized spacial score (nSPS) is 11.6. The van der Waals surface area contributed by atoms with Crippen molar-refractivity contribution >= 4 is 12.4 Å². The predicted octanol–water partition coefficient (Wildman–Crippen LogP) is 2.52. The average Bonchev–Trinajstić information content (AvgIpc) is 2.25. The van der Waals surface area contributed by atoms with Gasteiger partial charge in [-0.25, -0.2) is 4.79 Å². The van der Waals surface area contributed by atoms with Crippen LogP contribution in [0.25, 0.3) is 0 Å². The molecule has 0 aliphatic heterocycles. The van der Waals surface area contributed by atoms with Crippen LogP contribution >= 0.6 is 0 Å². The molecule has 1 N–H and O–H groups in total. The lowest BCUT2D eigenvalue weighted by molar-refractivity contribution is 0.0523. The van der Waals surface area contributed by atoms with Crippen molar-refractivity contribution in [2.75, 3.05) is 0 Å². The van der Waals surface area contributed by atoms with Crippen LogP contribution in [0.4, 0.5) is 4.79 Å². The number of ether oxygens (including phenoxy) is 1. The number of benzene rings is 1. The van der Waals surface area contributed by atoms with Gasteiger partial charge in [0.15, 0.2) is 0 Å². The van der Waals surface area contributed by atoms with Gasteiger partial charge in [-0.2, -0.15) is 0 Å². The highest BCUT2D eigenvalue weighted by atomic mass is 16.6. The number of alkyl carbamates (subject to hydrolysis) is 1. The second-order valence-electron chi connectivity index (χ2n) is 4.60. The van der Waals surface area contributed by atoms with Crippen molar-refractivity contribution in [1.29, 1.82) is 0 Å². The van der Waals surface area contributed by atoms with Gasteiger partial charge in [0.25, 0.3) is 0 Å². The van der Waals surface area contributed by atoms with E-state index in [-0.39, 0.29) is 12.6 Å². The number of carbonyl (C=O) groups excluding carboxylic acids is 2. The molecule has 4 heteroatoms. The van der Waals surface area contributed by atoms with Crippen molar-refractivity contribution in [2.24, 2.45) is 0 Å². The lowest BCUT2D eigenvalue weighted by Gasteiger charge is -2.19. The average molecular weight is 236 g/mol. The van der Waals surface area contributed by atoms with Crippen molar-refractivity contribution in [3.63, 3.8) is 0 Å². The molecule has 17 heavy (non-hydrogen) atoms. The zero-order chi connectivity index (χ0) is 13.8. The highest BCUT2D eigenvalue weighted by Crippen LogP contribution is 2.07. The zero-order valence-electron chi connectivity index (χ0n) is 11.2. The molecule has 1 rings (SSSR count). The lowest BCUT2D eigenvalue weighted by Crippen LogP contribution is -2.32. The first kappa shape index (κ1) is 11.6. The molecule has 1 aromatic rings. The Morgan fingerprint density at radius 2 is 2.24 bits per heavy atom. The number of amides is 1. The van der Waals surface area contributed by atoms with Crippen molar-refractivity contribution in [2.45, 2.75) is 32.9 Å². The van der Waals surface area contributed by atoms with Crippen molar-refractivity contribution in [3.05, 3.63) is 35.4 Å². The molecule has 0 unspecified atom stereocenters. The highest BCUT2D eigenvalue weighted by Gasteiger charge is 2.15. The van der Waals surface area contributed by atoms with Crippen LogP contribution in [0.3, 0.4) is 0 Å². The Hall–Kier alpha value is -1.84. The van der Waals surface area contributed by atoms with E-state index in [0.717, 1.165) is 0 Å². The molecule has 0 saturated heterocycles. The Labute approximate surface area is 102 Å². The Morgan fingerprint density at radius 1 is 1.53 bits per heavy atom. The van der Waals surface area contributed by atoms with Crippen LogP contribution in [0.15, 0.2) is 24.2 Å². The molecule has 0 heterocycles. The molecule has 0 aliphatic rings. The van der Waals surface area contributed by atoms with Gasteiger partial charge in [-0.05, 0) is 32.4 Å². The standard InChI is InChI=1S/C13H17NO3/c1-13(2,3)17-12(16)14-8-10-5-4-6-11(7-10)9-15/h4-7,9H,8H2,1-3H3,(H,14,16)/i7D. The Morgan fingerprint density at radius 3 is 2.82 bits per heavy atom. The summed E-state index contributed by atoms with van der Waals surface area (Å²) in [6.45, 7) is 5.48. The predicted molar refractivity (Wildman–Crippen MR) is 64.9 cm³/mol. The monoisotopic (exact) mass is 236 g/mol. The van der Waals surface area contributed by atoms with E-state index in [4.69, 9.17) is 6.11 Å². The Balaban J connectivity index is 2.64. The minimum absolute atomic E-state index is 0.128. The number of hydrogen-bond donors (Lipinski definition) is 1. The lowest BCUT2D eigenvalue weighted by atomic mass is 10.1. The van der Waals surface area contributed by atoms with E-state index in [1.54, 1.807) is 39.0 Å². The molecular weight excluding hydrogens is 218 g/mol. The minimum Gasteiger partial charge on any atom is -0.444 e. The Bertz CT molecular complexity index is 452. The molecule has 1 amide bonds. The number of rotatable bonds is 3. The fourth-order valence-electron chi connectivity index (χ4n) is 1.19. The molecule has 4 nitrogen and oxygen atoms in total.